The number of Topliss-reactive ketones (excluding diaryl/α,β-unsaturated/α-hetero) is 1. The zero-order chi connectivity index (χ0) is 17.2. The number of benzene rings is 1. The lowest BCUT2D eigenvalue weighted by Gasteiger charge is -2.31. The number of primary amides is 1. The molecular weight excluding hydrogens is 343 g/mol. The standard InChI is InChI=1S/C15H12Cl2N2O4/c16-13-7-9(14(18)21)5-6-15(13,17)11-4-2-1-3-10(11)12(20)8-19(22)23/h1-7,13H,8H2,(H2,18,21). The number of amides is 1. The number of hydrogen-bond donors (Lipinski definition) is 1. The lowest BCUT2D eigenvalue weighted by molar-refractivity contribution is -0.465. The molecule has 1 amide bonds. The third-order valence-electron chi connectivity index (χ3n) is 3.43. The fourth-order valence-electron chi connectivity index (χ4n) is 2.30. The third kappa shape index (κ3) is 3.43. The number of nitrogens with two attached hydrogens (primary N) is 1. The van der Waals surface area contributed by atoms with Crippen molar-refractivity contribution in [2.45, 2.75) is 10.3 Å². The minimum atomic E-state index is -1.32. The number of carbonyl (C=O) groups is 2. The number of allylic oxidation sites excluding steroid dienone is 2. The number of ketones is 1. The van der Waals surface area contributed by atoms with E-state index in [0.717, 1.165) is 0 Å². The topological polar surface area (TPSA) is 103 Å². The fourth-order valence-corrected chi connectivity index (χ4v) is 2.92. The van der Waals surface area contributed by atoms with Crippen molar-refractivity contribution in [2.24, 2.45) is 5.73 Å². The molecule has 1 aromatic carbocycles. The van der Waals surface area contributed by atoms with Gasteiger partial charge in [0.2, 0.25) is 11.7 Å². The highest BCUT2D eigenvalue weighted by Crippen LogP contribution is 2.42. The highest BCUT2D eigenvalue weighted by Gasteiger charge is 2.39. The Hall–Kier alpha value is -2.18. The second kappa shape index (κ2) is 6.52. The molecule has 0 fully saturated rings. The van der Waals surface area contributed by atoms with Crippen LogP contribution in [0.15, 0.2) is 48.1 Å². The Balaban J connectivity index is 2.47. The molecule has 8 heteroatoms. The predicted molar refractivity (Wildman–Crippen MR) is 86.2 cm³/mol. The van der Waals surface area contributed by atoms with E-state index < -0.39 is 33.4 Å². The van der Waals surface area contributed by atoms with Crippen LogP contribution in [-0.4, -0.2) is 28.5 Å². The maximum absolute atomic E-state index is 12.1. The summed E-state index contributed by atoms with van der Waals surface area (Å²) in [4.78, 5) is 31.9. The first-order valence-electron chi connectivity index (χ1n) is 6.54. The van der Waals surface area contributed by atoms with Crippen LogP contribution in [0.3, 0.4) is 0 Å². The molecule has 0 aliphatic heterocycles. The van der Waals surface area contributed by atoms with E-state index in [9.17, 15) is 19.7 Å². The summed E-state index contributed by atoms with van der Waals surface area (Å²) < 4.78 is 0. The predicted octanol–water partition coefficient (Wildman–Crippen LogP) is 2.17. The van der Waals surface area contributed by atoms with Gasteiger partial charge >= 0.3 is 0 Å². The van der Waals surface area contributed by atoms with Crippen LogP contribution in [0.25, 0.3) is 0 Å². The van der Waals surface area contributed by atoms with E-state index in [1.54, 1.807) is 18.2 Å². The minimum Gasteiger partial charge on any atom is -0.366 e. The van der Waals surface area contributed by atoms with Gasteiger partial charge in [0, 0.05) is 16.1 Å². The molecule has 2 unspecified atom stereocenters. The molecule has 2 rings (SSSR count). The molecule has 0 saturated heterocycles. The monoisotopic (exact) mass is 354 g/mol. The van der Waals surface area contributed by atoms with Crippen LogP contribution in [0, 0.1) is 10.1 Å². The van der Waals surface area contributed by atoms with Crippen molar-refractivity contribution in [1.29, 1.82) is 0 Å². The SMILES string of the molecule is NC(=O)C1=CC(Cl)C(Cl)(c2ccccc2C(=O)C[N+](=O)[O-])C=C1. The summed E-state index contributed by atoms with van der Waals surface area (Å²) in [6, 6.07) is 6.25. The van der Waals surface area contributed by atoms with Gasteiger partial charge in [0.25, 0.3) is 6.54 Å². The first kappa shape index (κ1) is 17.2. The molecule has 23 heavy (non-hydrogen) atoms. The Bertz CT molecular complexity index is 745. The van der Waals surface area contributed by atoms with Crippen LogP contribution in [0.4, 0.5) is 0 Å². The van der Waals surface area contributed by atoms with Crippen molar-refractivity contribution < 1.29 is 14.5 Å². The zero-order valence-corrected chi connectivity index (χ0v) is 13.3. The van der Waals surface area contributed by atoms with Crippen LogP contribution >= 0.6 is 23.2 Å². The number of alkyl halides is 2. The van der Waals surface area contributed by atoms with Gasteiger partial charge in [-0.2, -0.15) is 0 Å². The summed E-state index contributed by atoms with van der Waals surface area (Å²) >= 11 is 12.8. The summed E-state index contributed by atoms with van der Waals surface area (Å²) in [5.41, 5.74) is 5.86. The molecule has 6 nitrogen and oxygen atoms in total. The average molecular weight is 355 g/mol. The first-order valence-corrected chi connectivity index (χ1v) is 7.35. The van der Waals surface area contributed by atoms with E-state index in [0.29, 0.717) is 5.56 Å². The third-order valence-corrected chi connectivity index (χ3v) is 4.58. The second-order valence-electron chi connectivity index (χ2n) is 4.95. The van der Waals surface area contributed by atoms with Gasteiger partial charge in [0.15, 0.2) is 0 Å². The second-order valence-corrected chi connectivity index (χ2v) is 6.04. The summed E-state index contributed by atoms with van der Waals surface area (Å²) in [5.74, 6) is -1.32. The van der Waals surface area contributed by atoms with Crippen molar-refractivity contribution >= 4 is 34.9 Å². The molecular formula is C15H12Cl2N2O4. The molecule has 1 aliphatic carbocycles. The quantitative estimate of drug-likeness (QED) is 0.378. The maximum atomic E-state index is 12.1. The number of carbonyl (C=O) groups excluding carboxylic acids is 2. The van der Waals surface area contributed by atoms with E-state index in [4.69, 9.17) is 28.9 Å². The van der Waals surface area contributed by atoms with Gasteiger partial charge in [-0.3, -0.25) is 19.7 Å². The zero-order valence-electron chi connectivity index (χ0n) is 11.7. The van der Waals surface area contributed by atoms with Gasteiger partial charge in [-0.25, -0.2) is 0 Å². The number of halogens is 2. The van der Waals surface area contributed by atoms with Crippen LogP contribution in [0.1, 0.15) is 15.9 Å². The highest BCUT2D eigenvalue weighted by molar-refractivity contribution is 6.35. The molecule has 2 atom stereocenters. The number of hydrogen-bond acceptors (Lipinski definition) is 4. The number of nitrogens with zero attached hydrogens (tertiary/aromatic N) is 1. The normalized spacial score (nSPS) is 23.2. The van der Waals surface area contributed by atoms with Gasteiger partial charge in [0.05, 0.1) is 5.38 Å². The van der Waals surface area contributed by atoms with E-state index >= 15 is 0 Å². The Morgan fingerprint density at radius 2 is 2.00 bits per heavy atom. The van der Waals surface area contributed by atoms with E-state index in [1.807, 2.05) is 0 Å². The maximum Gasteiger partial charge on any atom is 0.265 e. The summed E-state index contributed by atoms with van der Waals surface area (Å²) in [6.45, 7) is -0.844. The Kier molecular flexibility index (Phi) is 4.87. The van der Waals surface area contributed by atoms with Crippen LogP contribution in [0.2, 0.25) is 0 Å². The minimum absolute atomic E-state index is 0.116. The van der Waals surface area contributed by atoms with E-state index in [-0.39, 0.29) is 11.1 Å². The van der Waals surface area contributed by atoms with Crippen molar-refractivity contribution in [3.05, 3.63) is 69.3 Å². The molecule has 0 heterocycles. The fraction of sp³-hybridized carbons (Fsp3) is 0.200. The summed E-state index contributed by atoms with van der Waals surface area (Å²) in [5, 5.41) is 9.72. The van der Waals surface area contributed by atoms with Crippen LogP contribution in [0.5, 0.6) is 0 Å². The van der Waals surface area contributed by atoms with Gasteiger partial charge in [-0.15, -0.1) is 23.2 Å². The average Bonchev–Trinajstić information content (AvgIpc) is 2.49. The first-order chi connectivity index (χ1) is 10.8. The van der Waals surface area contributed by atoms with E-state index in [1.165, 1.54) is 24.3 Å². The highest BCUT2D eigenvalue weighted by atomic mass is 35.5. The smallest absolute Gasteiger partial charge is 0.265 e. The lowest BCUT2D eigenvalue weighted by Crippen LogP contribution is -2.33. The molecule has 2 N–H and O–H groups in total. The molecule has 0 spiro atoms. The molecule has 0 bridgehead atoms. The Labute approximate surface area is 141 Å². The van der Waals surface area contributed by atoms with Crippen molar-refractivity contribution in [3.63, 3.8) is 0 Å². The molecule has 0 radical (unpaired) electrons. The van der Waals surface area contributed by atoms with Gasteiger partial charge < -0.3 is 5.73 Å². The molecule has 0 saturated carbocycles. The van der Waals surface area contributed by atoms with Crippen molar-refractivity contribution in [1.82, 2.24) is 0 Å². The van der Waals surface area contributed by atoms with Gasteiger partial charge in [0.1, 0.15) is 4.87 Å². The van der Waals surface area contributed by atoms with Crippen molar-refractivity contribution in [2.75, 3.05) is 6.54 Å². The lowest BCUT2D eigenvalue weighted by atomic mass is 9.85. The van der Waals surface area contributed by atoms with Gasteiger partial charge in [-0.1, -0.05) is 42.5 Å². The number of nitro groups is 1. The van der Waals surface area contributed by atoms with Crippen LogP contribution in [-0.2, 0) is 9.67 Å². The molecule has 1 aromatic rings. The summed E-state index contributed by atoms with van der Waals surface area (Å²) in [6.07, 6.45) is 4.28. The van der Waals surface area contributed by atoms with Gasteiger partial charge in [-0.05, 0) is 5.56 Å². The molecule has 120 valence electrons. The van der Waals surface area contributed by atoms with Crippen molar-refractivity contribution in [3.8, 4) is 0 Å². The van der Waals surface area contributed by atoms with E-state index in [2.05, 4.69) is 0 Å². The summed E-state index contributed by atoms with van der Waals surface area (Å²) in [7, 11) is 0. The Morgan fingerprint density at radius 1 is 1.35 bits per heavy atom. The molecule has 0 aromatic heterocycles. The molecule has 1 aliphatic rings. The number of rotatable bonds is 5. The Morgan fingerprint density at radius 3 is 2.57 bits per heavy atom. The van der Waals surface area contributed by atoms with Crippen LogP contribution < -0.4 is 5.73 Å². The largest absolute Gasteiger partial charge is 0.366 e.